The molecule has 0 aliphatic heterocycles. The molecule has 2 aromatic carbocycles. The number of aromatic nitrogens is 5. The summed E-state index contributed by atoms with van der Waals surface area (Å²) in [5.41, 5.74) is -0.382. The standard InChI is InChI=1S/C30H27F3N8O3/c1-18(27-35-16-24(44-27)17-38(3)4)37-28(42)40-26(25-12-13-36-41(25)22-10-8-20(15-34)9-11-22)19(2)39(29(40)43)23-7-5-6-21(14-23)30(31,32)33/h5-14,16,18H,17H2,1-4H3,(H,37,42). The number of imidazole rings is 1. The van der Waals surface area contributed by atoms with Crippen LogP contribution in [0.4, 0.5) is 18.0 Å². The van der Waals surface area contributed by atoms with Crippen LogP contribution in [0.1, 0.15) is 41.4 Å². The molecule has 0 spiro atoms. The first kappa shape index (κ1) is 30.1. The Hall–Kier alpha value is -5.42. The predicted molar refractivity (Wildman–Crippen MR) is 153 cm³/mol. The molecule has 0 saturated carbocycles. The summed E-state index contributed by atoms with van der Waals surface area (Å²) in [6.07, 6.45) is -1.65. The van der Waals surface area contributed by atoms with Crippen LogP contribution in [0.15, 0.2) is 76.2 Å². The van der Waals surface area contributed by atoms with E-state index in [0.29, 0.717) is 29.2 Å². The van der Waals surface area contributed by atoms with Gasteiger partial charge in [-0.3, -0.25) is 4.57 Å². The van der Waals surface area contributed by atoms with Gasteiger partial charge >= 0.3 is 17.9 Å². The molecule has 44 heavy (non-hydrogen) atoms. The fourth-order valence-corrected chi connectivity index (χ4v) is 4.81. The molecule has 0 saturated heterocycles. The number of alkyl halides is 3. The Kier molecular flexibility index (Phi) is 7.99. The Bertz CT molecular complexity index is 1920. The van der Waals surface area contributed by atoms with E-state index in [0.717, 1.165) is 21.3 Å². The Morgan fingerprint density at radius 1 is 1.14 bits per heavy atom. The van der Waals surface area contributed by atoms with Gasteiger partial charge in [-0.25, -0.2) is 23.8 Å². The third-order valence-electron chi connectivity index (χ3n) is 6.80. The first-order valence-corrected chi connectivity index (χ1v) is 13.4. The summed E-state index contributed by atoms with van der Waals surface area (Å²) in [4.78, 5) is 33.9. The van der Waals surface area contributed by atoms with Gasteiger partial charge in [0.25, 0.3) is 0 Å². The van der Waals surface area contributed by atoms with Gasteiger partial charge in [-0.2, -0.15) is 23.5 Å². The third-order valence-corrected chi connectivity index (χ3v) is 6.80. The second-order valence-electron chi connectivity index (χ2n) is 10.3. The quantitative estimate of drug-likeness (QED) is 0.275. The molecule has 1 amide bonds. The van der Waals surface area contributed by atoms with E-state index in [-0.39, 0.29) is 23.0 Å². The van der Waals surface area contributed by atoms with Crippen LogP contribution in [-0.2, 0) is 12.7 Å². The molecule has 5 rings (SSSR count). The van der Waals surface area contributed by atoms with Crippen LogP contribution in [0, 0.1) is 18.3 Å². The van der Waals surface area contributed by atoms with E-state index in [1.54, 1.807) is 43.5 Å². The molecule has 0 radical (unpaired) electrons. The van der Waals surface area contributed by atoms with Crippen LogP contribution < -0.4 is 11.0 Å². The van der Waals surface area contributed by atoms with Crippen molar-refractivity contribution in [1.29, 1.82) is 5.26 Å². The topological polar surface area (TPSA) is 127 Å². The van der Waals surface area contributed by atoms with Crippen LogP contribution in [0.3, 0.4) is 0 Å². The second kappa shape index (κ2) is 11.7. The number of nitrogens with zero attached hydrogens (tertiary/aromatic N) is 7. The van der Waals surface area contributed by atoms with Gasteiger partial charge in [-0.1, -0.05) is 6.07 Å². The number of amides is 1. The second-order valence-corrected chi connectivity index (χ2v) is 10.3. The SMILES string of the molecule is Cc1c(-c2ccnn2-c2ccc(C#N)cc2)n(C(=O)NC(C)c2ncc(CN(C)C)o2)c(=O)n1-c1cccc(C(F)(F)F)c1. The van der Waals surface area contributed by atoms with E-state index in [9.17, 15) is 28.0 Å². The van der Waals surface area contributed by atoms with Crippen molar-refractivity contribution in [1.82, 2.24) is 34.1 Å². The van der Waals surface area contributed by atoms with Crippen molar-refractivity contribution in [2.75, 3.05) is 14.1 Å². The highest BCUT2D eigenvalue weighted by molar-refractivity contribution is 5.83. The predicted octanol–water partition coefficient (Wildman–Crippen LogP) is 5.06. The average Bonchev–Trinajstić information content (AvgIpc) is 3.70. The zero-order valence-corrected chi connectivity index (χ0v) is 24.1. The summed E-state index contributed by atoms with van der Waals surface area (Å²) in [7, 11) is 3.72. The van der Waals surface area contributed by atoms with Crippen molar-refractivity contribution < 1.29 is 22.4 Å². The summed E-state index contributed by atoms with van der Waals surface area (Å²) >= 11 is 0. The molecule has 3 aromatic heterocycles. The lowest BCUT2D eigenvalue weighted by Crippen LogP contribution is -2.38. The summed E-state index contributed by atoms with van der Waals surface area (Å²) in [6.45, 7) is 3.64. The number of rotatable bonds is 7. The van der Waals surface area contributed by atoms with E-state index < -0.39 is 29.5 Å². The van der Waals surface area contributed by atoms with Crippen LogP contribution in [0.2, 0.25) is 0 Å². The average molecular weight is 605 g/mol. The minimum atomic E-state index is -4.65. The summed E-state index contributed by atoms with van der Waals surface area (Å²) in [5, 5.41) is 16.3. The lowest BCUT2D eigenvalue weighted by Gasteiger charge is -2.14. The molecule has 1 N–H and O–H groups in total. The molecule has 3 heterocycles. The minimum absolute atomic E-state index is 0.0753. The number of oxazole rings is 1. The van der Waals surface area contributed by atoms with Crippen molar-refractivity contribution in [2.45, 2.75) is 32.6 Å². The van der Waals surface area contributed by atoms with E-state index in [4.69, 9.17) is 4.42 Å². The van der Waals surface area contributed by atoms with Crippen LogP contribution in [0.5, 0.6) is 0 Å². The number of nitriles is 1. The zero-order chi connectivity index (χ0) is 31.8. The van der Waals surface area contributed by atoms with Crippen molar-refractivity contribution in [3.05, 3.63) is 106 Å². The number of halogens is 3. The largest absolute Gasteiger partial charge is 0.442 e. The first-order valence-electron chi connectivity index (χ1n) is 13.4. The number of benzene rings is 2. The normalized spacial score (nSPS) is 12.3. The Labute approximate surface area is 249 Å². The highest BCUT2D eigenvalue weighted by Gasteiger charge is 2.32. The van der Waals surface area contributed by atoms with Crippen LogP contribution in [-0.4, -0.2) is 48.9 Å². The molecule has 0 aliphatic rings. The monoisotopic (exact) mass is 604 g/mol. The number of nitrogens with one attached hydrogen (secondary N) is 1. The van der Waals surface area contributed by atoms with Crippen LogP contribution in [0.25, 0.3) is 22.8 Å². The number of carbonyl (C=O) groups excluding carboxylic acids is 1. The molecular weight excluding hydrogens is 577 g/mol. The van der Waals surface area contributed by atoms with Gasteiger partial charge in [0.05, 0.1) is 58.9 Å². The van der Waals surface area contributed by atoms with Gasteiger partial charge in [0.2, 0.25) is 5.89 Å². The molecule has 226 valence electrons. The summed E-state index contributed by atoms with van der Waals surface area (Å²) in [5.74, 6) is 0.781. The van der Waals surface area contributed by atoms with Gasteiger partial charge in [-0.05, 0) is 76.5 Å². The number of carbonyl (C=O) groups is 1. The highest BCUT2D eigenvalue weighted by Crippen LogP contribution is 2.32. The van der Waals surface area contributed by atoms with Crippen LogP contribution >= 0.6 is 0 Å². The maximum atomic E-state index is 14.0. The summed E-state index contributed by atoms with van der Waals surface area (Å²) < 4.78 is 49.9. The van der Waals surface area contributed by atoms with E-state index >= 15 is 0 Å². The highest BCUT2D eigenvalue weighted by atomic mass is 19.4. The van der Waals surface area contributed by atoms with Gasteiger partial charge in [0.15, 0.2) is 0 Å². The van der Waals surface area contributed by atoms with Crippen molar-refractivity contribution in [2.24, 2.45) is 0 Å². The number of hydrogen-bond acceptors (Lipinski definition) is 7. The molecule has 1 atom stereocenters. The van der Waals surface area contributed by atoms with E-state index in [1.807, 2.05) is 25.1 Å². The lowest BCUT2D eigenvalue weighted by atomic mass is 10.2. The maximum Gasteiger partial charge on any atom is 0.416 e. The van der Waals surface area contributed by atoms with Gasteiger partial charge in [0.1, 0.15) is 17.5 Å². The summed E-state index contributed by atoms with van der Waals surface area (Å²) in [6, 6.07) is 12.8. The third kappa shape index (κ3) is 5.77. The molecular formula is C30H27F3N8O3. The van der Waals surface area contributed by atoms with Gasteiger partial charge in [-0.15, -0.1) is 0 Å². The Balaban J connectivity index is 1.65. The van der Waals surface area contributed by atoms with Gasteiger partial charge < -0.3 is 14.6 Å². The first-order chi connectivity index (χ1) is 20.9. The fraction of sp³-hybridized carbons (Fsp3) is 0.233. The Morgan fingerprint density at radius 2 is 1.86 bits per heavy atom. The molecule has 0 aliphatic carbocycles. The molecule has 0 fully saturated rings. The zero-order valence-electron chi connectivity index (χ0n) is 24.1. The fourth-order valence-electron chi connectivity index (χ4n) is 4.81. The molecule has 0 bridgehead atoms. The van der Waals surface area contributed by atoms with Gasteiger partial charge in [0, 0.05) is 0 Å². The van der Waals surface area contributed by atoms with Crippen molar-refractivity contribution in [3.63, 3.8) is 0 Å². The minimum Gasteiger partial charge on any atom is -0.442 e. The molecule has 14 heteroatoms. The molecule has 5 aromatic rings. The Morgan fingerprint density at radius 3 is 2.52 bits per heavy atom. The van der Waals surface area contributed by atoms with E-state index in [1.165, 1.54) is 29.9 Å². The lowest BCUT2D eigenvalue weighted by molar-refractivity contribution is -0.137. The number of hydrogen-bond donors (Lipinski definition) is 1. The maximum absolute atomic E-state index is 14.0. The smallest absolute Gasteiger partial charge is 0.416 e. The van der Waals surface area contributed by atoms with Crippen molar-refractivity contribution >= 4 is 6.03 Å². The molecule has 1 unspecified atom stereocenters. The van der Waals surface area contributed by atoms with E-state index in [2.05, 4.69) is 15.4 Å². The molecule has 11 nitrogen and oxygen atoms in total. The van der Waals surface area contributed by atoms with Crippen molar-refractivity contribution in [3.8, 4) is 28.8 Å².